The van der Waals surface area contributed by atoms with Gasteiger partial charge in [0.2, 0.25) is 0 Å². The number of hydrogen-bond acceptors (Lipinski definition) is 4. The lowest BCUT2D eigenvalue weighted by Gasteiger charge is -2.35. The molecule has 6 heteroatoms. The first-order chi connectivity index (χ1) is 9.52. The number of benzene rings is 1. The van der Waals surface area contributed by atoms with E-state index in [-0.39, 0.29) is 18.0 Å². The summed E-state index contributed by atoms with van der Waals surface area (Å²) in [4.78, 5) is 14.2. The number of aromatic nitrogens is 1. The van der Waals surface area contributed by atoms with Crippen LogP contribution in [-0.4, -0.2) is 34.8 Å². The molecule has 108 valence electrons. The second kappa shape index (κ2) is 5.35. The number of fused-ring (bicyclic) bond motifs is 1. The third-order valence-electron chi connectivity index (χ3n) is 3.47. The smallest absolute Gasteiger partial charge is 0.408 e. The molecule has 2 heterocycles. The molecule has 3 rings (SSSR count). The number of hydrogen-bond donors (Lipinski definition) is 0. The van der Waals surface area contributed by atoms with Crippen LogP contribution in [0.4, 0.5) is 0 Å². The highest BCUT2D eigenvalue weighted by molar-refractivity contribution is 9.10. The molecule has 1 saturated heterocycles. The maximum atomic E-state index is 12.0. The van der Waals surface area contributed by atoms with E-state index in [2.05, 4.69) is 34.7 Å². The fraction of sp³-hybridized carbons (Fsp3) is 0.500. The molecule has 1 aromatic carbocycles. The second-order valence-electron chi connectivity index (χ2n) is 5.34. The SMILES string of the molecule is CC1CN(Cn2c(=O)oc3cc(Br)ccc32)CC(C)O1. The van der Waals surface area contributed by atoms with E-state index in [0.717, 1.165) is 23.1 Å². The van der Waals surface area contributed by atoms with Gasteiger partial charge in [0.05, 0.1) is 24.4 Å². The van der Waals surface area contributed by atoms with Gasteiger partial charge in [-0.05, 0) is 32.0 Å². The molecule has 2 atom stereocenters. The monoisotopic (exact) mass is 340 g/mol. The Hall–Kier alpha value is -1.11. The summed E-state index contributed by atoms with van der Waals surface area (Å²) < 4.78 is 13.6. The van der Waals surface area contributed by atoms with E-state index in [1.807, 2.05) is 18.2 Å². The van der Waals surface area contributed by atoms with E-state index in [9.17, 15) is 4.79 Å². The van der Waals surface area contributed by atoms with Crippen LogP contribution in [0.2, 0.25) is 0 Å². The van der Waals surface area contributed by atoms with Crippen molar-refractivity contribution in [2.75, 3.05) is 13.1 Å². The molecular formula is C14H17BrN2O3. The first-order valence-electron chi connectivity index (χ1n) is 6.69. The lowest BCUT2D eigenvalue weighted by atomic mass is 10.2. The van der Waals surface area contributed by atoms with E-state index in [1.54, 1.807) is 4.57 Å². The van der Waals surface area contributed by atoms with Gasteiger partial charge in [0, 0.05) is 17.6 Å². The van der Waals surface area contributed by atoms with Gasteiger partial charge in [-0.15, -0.1) is 0 Å². The van der Waals surface area contributed by atoms with Crippen LogP contribution in [0.1, 0.15) is 13.8 Å². The van der Waals surface area contributed by atoms with Crippen molar-refractivity contribution in [1.82, 2.24) is 9.47 Å². The Balaban J connectivity index is 1.91. The van der Waals surface area contributed by atoms with Gasteiger partial charge in [-0.2, -0.15) is 0 Å². The zero-order chi connectivity index (χ0) is 14.3. The second-order valence-corrected chi connectivity index (χ2v) is 6.26. The molecule has 0 saturated carbocycles. The van der Waals surface area contributed by atoms with Gasteiger partial charge in [-0.1, -0.05) is 15.9 Å². The van der Waals surface area contributed by atoms with Gasteiger partial charge >= 0.3 is 5.76 Å². The molecular weight excluding hydrogens is 324 g/mol. The van der Waals surface area contributed by atoms with Crippen molar-refractivity contribution in [2.24, 2.45) is 0 Å². The van der Waals surface area contributed by atoms with Gasteiger partial charge in [0.1, 0.15) is 0 Å². The molecule has 1 aliphatic rings. The largest absolute Gasteiger partial charge is 0.421 e. The van der Waals surface area contributed by atoms with Crippen LogP contribution < -0.4 is 5.76 Å². The molecule has 0 radical (unpaired) electrons. The number of rotatable bonds is 2. The first-order valence-corrected chi connectivity index (χ1v) is 7.49. The van der Waals surface area contributed by atoms with Crippen LogP contribution in [0, 0.1) is 0 Å². The van der Waals surface area contributed by atoms with Crippen molar-refractivity contribution in [2.45, 2.75) is 32.7 Å². The predicted molar refractivity (Wildman–Crippen MR) is 79.8 cm³/mol. The molecule has 0 spiro atoms. The third-order valence-corrected chi connectivity index (χ3v) is 3.96. The molecule has 1 aliphatic heterocycles. The van der Waals surface area contributed by atoms with Gasteiger partial charge in [-0.25, -0.2) is 4.79 Å². The van der Waals surface area contributed by atoms with Crippen molar-refractivity contribution >= 4 is 27.0 Å². The van der Waals surface area contributed by atoms with Gasteiger partial charge in [-0.3, -0.25) is 9.47 Å². The lowest BCUT2D eigenvalue weighted by molar-refractivity contribution is -0.0766. The van der Waals surface area contributed by atoms with Crippen molar-refractivity contribution in [3.8, 4) is 0 Å². The van der Waals surface area contributed by atoms with Crippen molar-refractivity contribution in [3.05, 3.63) is 33.2 Å². The molecule has 0 amide bonds. The summed E-state index contributed by atoms with van der Waals surface area (Å²) in [5, 5.41) is 0. The summed E-state index contributed by atoms with van der Waals surface area (Å²) in [6.07, 6.45) is 0.364. The summed E-state index contributed by atoms with van der Waals surface area (Å²) >= 11 is 3.38. The number of halogens is 1. The van der Waals surface area contributed by atoms with Gasteiger partial charge in [0.25, 0.3) is 0 Å². The summed E-state index contributed by atoms with van der Waals surface area (Å²) in [7, 11) is 0. The van der Waals surface area contributed by atoms with Crippen LogP contribution in [0.5, 0.6) is 0 Å². The van der Waals surface area contributed by atoms with E-state index in [1.165, 1.54) is 0 Å². The van der Waals surface area contributed by atoms with Crippen molar-refractivity contribution < 1.29 is 9.15 Å². The topological polar surface area (TPSA) is 47.6 Å². The summed E-state index contributed by atoms with van der Waals surface area (Å²) in [6, 6.07) is 5.63. The normalized spacial score (nSPS) is 24.4. The maximum absolute atomic E-state index is 12.0. The quantitative estimate of drug-likeness (QED) is 0.842. The minimum absolute atomic E-state index is 0.182. The fourth-order valence-electron chi connectivity index (χ4n) is 2.77. The Morgan fingerprint density at radius 1 is 1.30 bits per heavy atom. The number of oxazole rings is 1. The van der Waals surface area contributed by atoms with Gasteiger partial charge < -0.3 is 9.15 Å². The molecule has 20 heavy (non-hydrogen) atoms. The van der Waals surface area contributed by atoms with Crippen LogP contribution in [0.15, 0.2) is 31.9 Å². The molecule has 0 N–H and O–H groups in total. The molecule has 0 bridgehead atoms. The highest BCUT2D eigenvalue weighted by Crippen LogP contribution is 2.20. The lowest BCUT2D eigenvalue weighted by Crippen LogP contribution is -2.46. The number of ether oxygens (including phenoxy) is 1. The molecule has 1 fully saturated rings. The van der Waals surface area contributed by atoms with Crippen LogP contribution >= 0.6 is 15.9 Å². The third kappa shape index (κ3) is 2.68. The maximum Gasteiger partial charge on any atom is 0.421 e. The minimum atomic E-state index is -0.315. The fourth-order valence-corrected chi connectivity index (χ4v) is 3.11. The molecule has 5 nitrogen and oxygen atoms in total. The Morgan fingerprint density at radius 2 is 2.00 bits per heavy atom. The zero-order valence-corrected chi connectivity index (χ0v) is 13.1. The summed E-state index contributed by atoms with van der Waals surface area (Å²) in [5.74, 6) is -0.315. The summed E-state index contributed by atoms with van der Waals surface area (Å²) in [5.41, 5.74) is 1.43. The highest BCUT2D eigenvalue weighted by Gasteiger charge is 2.23. The molecule has 0 aliphatic carbocycles. The average Bonchev–Trinajstić information content (AvgIpc) is 2.64. The minimum Gasteiger partial charge on any atom is -0.408 e. The van der Waals surface area contributed by atoms with E-state index in [0.29, 0.717) is 12.3 Å². The van der Waals surface area contributed by atoms with E-state index < -0.39 is 0 Å². The van der Waals surface area contributed by atoms with Crippen molar-refractivity contribution in [3.63, 3.8) is 0 Å². The molecule has 2 aromatic rings. The Labute approximate surface area is 125 Å². The first kappa shape index (κ1) is 13.9. The number of nitrogens with zero attached hydrogens (tertiary/aromatic N) is 2. The van der Waals surface area contributed by atoms with E-state index in [4.69, 9.17) is 9.15 Å². The van der Waals surface area contributed by atoms with Crippen LogP contribution in [-0.2, 0) is 11.4 Å². The Morgan fingerprint density at radius 3 is 2.70 bits per heavy atom. The summed E-state index contributed by atoms with van der Waals surface area (Å²) in [6.45, 7) is 6.28. The Bertz CT molecular complexity index is 669. The van der Waals surface area contributed by atoms with Crippen LogP contribution in [0.25, 0.3) is 11.1 Å². The number of morpholine rings is 1. The predicted octanol–water partition coefficient (Wildman–Crippen LogP) is 2.42. The zero-order valence-electron chi connectivity index (χ0n) is 11.5. The van der Waals surface area contributed by atoms with Gasteiger partial charge in [0.15, 0.2) is 5.58 Å². The standard InChI is InChI=1S/C14H17BrN2O3/c1-9-6-16(7-10(2)19-9)8-17-12-4-3-11(15)5-13(12)20-14(17)18/h3-5,9-10H,6-8H2,1-2H3. The molecule has 2 unspecified atom stereocenters. The average molecular weight is 341 g/mol. The van der Waals surface area contributed by atoms with Crippen molar-refractivity contribution in [1.29, 1.82) is 0 Å². The van der Waals surface area contributed by atoms with Crippen LogP contribution in [0.3, 0.4) is 0 Å². The Kier molecular flexibility index (Phi) is 3.70. The molecule has 1 aromatic heterocycles. The highest BCUT2D eigenvalue weighted by atomic mass is 79.9. The van der Waals surface area contributed by atoms with E-state index >= 15 is 0 Å².